The quantitative estimate of drug-likeness (QED) is 0.141. The summed E-state index contributed by atoms with van der Waals surface area (Å²) in [6, 6.07) is 100. The van der Waals surface area contributed by atoms with Crippen molar-refractivity contribution in [1.29, 1.82) is 0 Å². The Morgan fingerprint density at radius 2 is 0.828 bits per heavy atom. The van der Waals surface area contributed by atoms with E-state index in [1.807, 2.05) is 11.8 Å². The summed E-state index contributed by atoms with van der Waals surface area (Å²) in [6.45, 7) is 27.9. The van der Waals surface area contributed by atoms with Crippen molar-refractivity contribution in [3.05, 3.63) is 324 Å². The highest BCUT2D eigenvalue weighted by Crippen LogP contribution is 2.58. The molecule has 12 aromatic rings. The fourth-order valence-corrected chi connectivity index (χ4v) is 18.0. The SMILES string of the molecule is CC(C)(C)c1cc(-c2cc3c4c(c2)C(C2(c5ccccc5)C=CC=C2c2ccccc2)c2cc5c(cc2B4c2ccc(-c4ccccc4)cc2O3)B2c3ccc(-c4ccccc4)cc3Sc3cc(-c4cc(C(C)(C)C)cc(C(C)(C)C)c4)cc(c32)N5c2ccccc2)cc(C(C)(C)C)c1. The normalized spacial score (nSPS) is 16.4. The summed E-state index contributed by atoms with van der Waals surface area (Å²) in [5.74, 6) is 1.54. The van der Waals surface area contributed by atoms with Gasteiger partial charge in [0.1, 0.15) is 11.5 Å². The Bertz CT molecular complexity index is 5230. The van der Waals surface area contributed by atoms with Gasteiger partial charge >= 0.3 is 0 Å². The summed E-state index contributed by atoms with van der Waals surface area (Å²) in [7, 11) is 0. The predicted molar refractivity (Wildman–Crippen MR) is 424 cm³/mol. The first-order valence-corrected chi connectivity index (χ1v) is 36.4. The van der Waals surface area contributed by atoms with Crippen LogP contribution in [0, 0.1) is 0 Å². The molecule has 99 heavy (non-hydrogen) atoms. The zero-order valence-corrected chi connectivity index (χ0v) is 59.9. The maximum atomic E-state index is 7.77. The molecule has 0 bridgehead atoms. The van der Waals surface area contributed by atoms with E-state index in [1.165, 1.54) is 132 Å². The second-order valence-corrected chi connectivity index (χ2v) is 33.6. The smallest absolute Gasteiger partial charge is 0.251 e. The molecule has 12 aromatic carbocycles. The van der Waals surface area contributed by atoms with Gasteiger partial charge in [0.15, 0.2) is 0 Å². The maximum absolute atomic E-state index is 7.77. The molecule has 0 saturated carbocycles. The van der Waals surface area contributed by atoms with Gasteiger partial charge in [-0.2, -0.15) is 0 Å². The monoisotopic (exact) mass is 1300 g/mol. The molecular formula is C94H83B2NOS. The lowest BCUT2D eigenvalue weighted by molar-refractivity contribution is 0.485. The van der Waals surface area contributed by atoms with Gasteiger partial charge in [0.2, 0.25) is 6.71 Å². The summed E-state index contributed by atoms with van der Waals surface area (Å²) < 4.78 is 7.77. The van der Waals surface area contributed by atoms with Crippen LogP contribution in [0.1, 0.15) is 134 Å². The van der Waals surface area contributed by atoms with Gasteiger partial charge in [-0.1, -0.05) is 336 Å². The van der Waals surface area contributed by atoms with Crippen molar-refractivity contribution in [1.82, 2.24) is 0 Å². The van der Waals surface area contributed by atoms with Crippen molar-refractivity contribution in [3.8, 4) is 56.0 Å². The molecule has 4 aliphatic heterocycles. The third-order valence-corrected chi connectivity index (χ3v) is 23.1. The number of anilines is 3. The minimum absolute atomic E-state index is 0.0714. The van der Waals surface area contributed by atoms with E-state index < -0.39 is 5.41 Å². The van der Waals surface area contributed by atoms with Gasteiger partial charge in [-0.05, 0) is 187 Å². The summed E-state index contributed by atoms with van der Waals surface area (Å²) >= 11 is 1.94. The molecule has 0 fully saturated rings. The zero-order valence-electron chi connectivity index (χ0n) is 59.1. The van der Waals surface area contributed by atoms with Gasteiger partial charge in [0.25, 0.3) is 6.71 Å². The molecule has 5 aliphatic rings. The highest BCUT2D eigenvalue weighted by Gasteiger charge is 2.54. The first kappa shape index (κ1) is 62.7. The standard InChI is InChI=1S/C94H83B2NOS/c1-90(2,3)69-45-64(46-70(55-69)91(4,5)6)66-49-75-87(94(68-35-24-16-25-36-68)44-28-39-76(94)61-33-22-15-23-34-61)74-57-81-80(58-79(74)95-77-42-40-62(59-29-18-13-19-30-59)51-83(77)98-84(52-66)88(75)95)96-78-43-41-63(60-31-20-14-21-32-60)53-85(78)99-86-54-67(50-82(89(86)96)97(81)73-37-26-17-27-38-73)65-47-71(92(7,8)9)56-72(48-65)93(10,11)12/h13-58,87H,1-12H3. The molecule has 2 unspecified atom stereocenters. The number of benzene rings is 12. The molecule has 0 N–H and O–H groups in total. The van der Waals surface area contributed by atoms with Crippen LogP contribution in [-0.4, -0.2) is 13.4 Å². The number of fused-ring (bicyclic) bond motifs is 8. The van der Waals surface area contributed by atoms with Crippen molar-refractivity contribution in [2.24, 2.45) is 0 Å². The summed E-state index contributed by atoms with van der Waals surface area (Å²) in [5, 5.41) is 0. The topological polar surface area (TPSA) is 12.5 Å². The van der Waals surface area contributed by atoms with Crippen molar-refractivity contribution < 1.29 is 4.74 Å². The Morgan fingerprint density at radius 3 is 1.39 bits per heavy atom. The molecule has 0 radical (unpaired) electrons. The first-order valence-electron chi connectivity index (χ1n) is 35.5. The Morgan fingerprint density at radius 1 is 0.354 bits per heavy atom. The Balaban J connectivity index is 1.02. The van der Waals surface area contributed by atoms with Crippen molar-refractivity contribution in [2.45, 2.75) is 126 Å². The van der Waals surface area contributed by atoms with E-state index in [-0.39, 0.29) is 41.0 Å². The molecule has 2 atom stereocenters. The Kier molecular flexibility index (Phi) is 14.7. The molecule has 5 heteroatoms. The Labute approximate surface area is 591 Å². The Hall–Kier alpha value is -9.80. The van der Waals surface area contributed by atoms with Crippen LogP contribution in [-0.2, 0) is 27.1 Å². The van der Waals surface area contributed by atoms with E-state index in [0.717, 1.165) is 33.9 Å². The molecule has 17 rings (SSSR count). The van der Waals surface area contributed by atoms with Crippen LogP contribution in [0.25, 0.3) is 50.1 Å². The average molecular weight is 1300 g/mol. The zero-order chi connectivity index (χ0) is 68.1. The van der Waals surface area contributed by atoms with E-state index in [9.17, 15) is 0 Å². The minimum atomic E-state index is -0.709. The fourth-order valence-electron chi connectivity index (χ4n) is 16.7. The second-order valence-electron chi connectivity index (χ2n) is 32.5. The minimum Gasteiger partial charge on any atom is -0.458 e. The van der Waals surface area contributed by atoms with Gasteiger partial charge in [-0.3, -0.25) is 0 Å². The molecule has 1 aliphatic carbocycles. The number of rotatable bonds is 8. The van der Waals surface area contributed by atoms with Crippen LogP contribution in [0.4, 0.5) is 17.1 Å². The lowest BCUT2D eigenvalue weighted by Crippen LogP contribution is -2.65. The van der Waals surface area contributed by atoms with Crippen LogP contribution in [0.2, 0.25) is 0 Å². The van der Waals surface area contributed by atoms with E-state index in [2.05, 4.69) is 367 Å². The number of allylic oxidation sites excluding steroid dienone is 4. The van der Waals surface area contributed by atoms with Crippen LogP contribution >= 0.6 is 11.8 Å². The third-order valence-electron chi connectivity index (χ3n) is 22.0. The van der Waals surface area contributed by atoms with Crippen molar-refractivity contribution in [2.75, 3.05) is 4.90 Å². The lowest BCUT2D eigenvalue weighted by Gasteiger charge is -2.48. The number of para-hydroxylation sites is 1. The number of nitrogens with zero attached hydrogens (tertiary/aromatic N) is 1. The molecular weight excluding hydrogens is 1210 g/mol. The van der Waals surface area contributed by atoms with Crippen molar-refractivity contribution >= 4 is 80.6 Å². The van der Waals surface area contributed by atoms with Crippen molar-refractivity contribution in [3.63, 3.8) is 0 Å². The van der Waals surface area contributed by atoms with Gasteiger partial charge < -0.3 is 9.64 Å². The number of hydrogen-bond acceptors (Lipinski definition) is 3. The highest BCUT2D eigenvalue weighted by molar-refractivity contribution is 8.00. The summed E-state index contributed by atoms with van der Waals surface area (Å²) in [6.07, 6.45) is 7.32. The van der Waals surface area contributed by atoms with Gasteiger partial charge in [-0.15, -0.1) is 0 Å². The van der Waals surface area contributed by atoms with E-state index >= 15 is 0 Å². The van der Waals surface area contributed by atoms with Crippen LogP contribution in [0.15, 0.2) is 289 Å². The van der Waals surface area contributed by atoms with E-state index in [0.29, 0.717) is 0 Å². The van der Waals surface area contributed by atoms with E-state index in [4.69, 9.17) is 4.74 Å². The largest absolute Gasteiger partial charge is 0.458 e. The average Bonchev–Trinajstić information content (AvgIpc) is 1.53. The van der Waals surface area contributed by atoms with Gasteiger partial charge in [-0.25, -0.2) is 0 Å². The van der Waals surface area contributed by atoms with Crippen LogP contribution in [0.5, 0.6) is 11.5 Å². The van der Waals surface area contributed by atoms with Gasteiger partial charge in [0.05, 0.1) is 0 Å². The number of hydrogen-bond donors (Lipinski definition) is 0. The second kappa shape index (κ2) is 23.2. The van der Waals surface area contributed by atoms with E-state index in [1.54, 1.807) is 0 Å². The molecule has 0 spiro atoms. The summed E-state index contributed by atoms with van der Waals surface area (Å²) in [4.78, 5) is 5.24. The van der Waals surface area contributed by atoms with Crippen LogP contribution in [0.3, 0.4) is 0 Å². The highest BCUT2D eigenvalue weighted by atomic mass is 32.2. The molecule has 482 valence electrons. The molecule has 0 aromatic heterocycles. The number of ether oxygens (including phenoxy) is 1. The lowest BCUT2D eigenvalue weighted by atomic mass is 9.29. The van der Waals surface area contributed by atoms with Gasteiger partial charge in [0, 0.05) is 38.2 Å². The summed E-state index contributed by atoms with van der Waals surface area (Å²) in [5.41, 5.74) is 31.4. The predicted octanol–water partition coefficient (Wildman–Crippen LogP) is 21.0. The fraction of sp³-hybridized carbons (Fsp3) is 0.191. The molecule has 0 saturated heterocycles. The molecule has 2 nitrogen and oxygen atoms in total. The molecule has 4 heterocycles. The molecule has 0 amide bonds. The third kappa shape index (κ3) is 10.6. The van der Waals surface area contributed by atoms with Crippen LogP contribution < -0.4 is 42.4 Å². The maximum Gasteiger partial charge on any atom is 0.251 e. The first-order chi connectivity index (χ1) is 47.6.